The van der Waals surface area contributed by atoms with E-state index in [1.165, 1.54) is 12.1 Å². The molecule has 3 aromatic rings. The van der Waals surface area contributed by atoms with Crippen molar-refractivity contribution in [1.82, 2.24) is 20.2 Å². The van der Waals surface area contributed by atoms with Gasteiger partial charge in [0.25, 0.3) is 0 Å². The molecular formula is C15H13F2N5O2S2. The minimum absolute atomic E-state index is 0.0217. The Hall–Kier alpha value is -2.53. The van der Waals surface area contributed by atoms with E-state index in [-0.39, 0.29) is 23.1 Å². The molecule has 0 unspecified atom stereocenters. The summed E-state index contributed by atoms with van der Waals surface area (Å²) in [6.45, 7) is -2.45. The van der Waals surface area contributed by atoms with Crippen LogP contribution in [0.2, 0.25) is 0 Å². The number of carbonyl (C=O) groups is 1. The van der Waals surface area contributed by atoms with Gasteiger partial charge < -0.3 is 10.1 Å². The monoisotopic (exact) mass is 397 g/mol. The van der Waals surface area contributed by atoms with E-state index in [4.69, 9.17) is 0 Å². The number of alkyl halides is 2. The zero-order valence-corrected chi connectivity index (χ0v) is 14.8. The molecule has 0 bridgehead atoms. The molecule has 1 N–H and O–H groups in total. The SMILES string of the molecule is O=C(CSc1nnnn1Cc1cccs1)Nc1ccccc1OC(F)F. The molecule has 7 nitrogen and oxygen atoms in total. The van der Waals surface area contributed by atoms with Crippen molar-refractivity contribution in [2.75, 3.05) is 11.1 Å². The van der Waals surface area contributed by atoms with Gasteiger partial charge in [-0.05, 0) is 34.0 Å². The van der Waals surface area contributed by atoms with Crippen LogP contribution < -0.4 is 10.1 Å². The third-order valence-corrected chi connectivity index (χ3v) is 4.91. The summed E-state index contributed by atoms with van der Waals surface area (Å²) in [7, 11) is 0. The number of halogens is 2. The second-order valence-corrected chi connectivity index (χ2v) is 6.88. The molecule has 0 aliphatic heterocycles. The van der Waals surface area contributed by atoms with Gasteiger partial charge in [0.15, 0.2) is 0 Å². The van der Waals surface area contributed by atoms with Crippen LogP contribution in [0.3, 0.4) is 0 Å². The maximum Gasteiger partial charge on any atom is 0.387 e. The molecule has 2 aromatic heterocycles. The molecular weight excluding hydrogens is 384 g/mol. The van der Waals surface area contributed by atoms with Gasteiger partial charge in [-0.2, -0.15) is 8.78 Å². The second kappa shape index (κ2) is 8.72. The van der Waals surface area contributed by atoms with Gasteiger partial charge >= 0.3 is 6.61 Å². The first-order valence-electron chi connectivity index (χ1n) is 7.37. The lowest BCUT2D eigenvalue weighted by molar-refractivity contribution is -0.113. The topological polar surface area (TPSA) is 81.9 Å². The van der Waals surface area contributed by atoms with Gasteiger partial charge in [0.05, 0.1) is 18.0 Å². The van der Waals surface area contributed by atoms with Crippen molar-refractivity contribution in [3.63, 3.8) is 0 Å². The fourth-order valence-corrected chi connectivity index (χ4v) is 3.40. The molecule has 26 heavy (non-hydrogen) atoms. The molecule has 3 rings (SSSR count). The lowest BCUT2D eigenvalue weighted by Gasteiger charge is -2.11. The number of amides is 1. The predicted octanol–water partition coefficient (Wildman–Crippen LogP) is 3.12. The summed E-state index contributed by atoms with van der Waals surface area (Å²) in [5.41, 5.74) is 0.177. The van der Waals surface area contributed by atoms with Crippen molar-refractivity contribution in [3.05, 3.63) is 46.7 Å². The van der Waals surface area contributed by atoms with Crippen LogP contribution in [0.5, 0.6) is 5.75 Å². The van der Waals surface area contributed by atoms with Crippen LogP contribution in [0.4, 0.5) is 14.5 Å². The number of rotatable bonds is 8. The highest BCUT2D eigenvalue weighted by Crippen LogP contribution is 2.26. The number of thiophene rings is 1. The molecule has 0 saturated heterocycles. The molecule has 0 aliphatic rings. The summed E-state index contributed by atoms with van der Waals surface area (Å²) in [5, 5.41) is 16.4. The highest BCUT2D eigenvalue weighted by molar-refractivity contribution is 7.99. The Bertz CT molecular complexity index is 857. The summed E-state index contributed by atoms with van der Waals surface area (Å²) in [6, 6.07) is 9.90. The molecule has 0 aliphatic carbocycles. The number of tetrazole rings is 1. The average molecular weight is 397 g/mol. The van der Waals surface area contributed by atoms with Crippen molar-refractivity contribution >= 4 is 34.7 Å². The standard InChI is InChI=1S/C15H13F2N5O2S2/c16-14(17)24-12-6-2-1-5-11(12)18-13(23)9-26-15-19-20-21-22(15)8-10-4-3-7-25-10/h1-7,14H,8-9H2,(H,18,23). The number of nitrogens with one attached hydrogen (secondary N) is 1. The van der Waals surface area contributed by atoms with Gasteiger partial charge in [0.2, 0.25) is 11.1 Å². The summed E-state index contributed by atoms with van der Waals surface area (Å²) in [6.07, 6.45) is 0. The predicted molar refractivity (Wildman–Crippen MR) is 93.7 cm³/mol. The van der Waals surface area contributed by atoms with Crippen molar-refractivity contribution in [1.29, 1.82) is 0 Å². The Morgan fingerprint density at radius 3 is 2.92 bits per heavy atom. The number of nitrogens with zero attached hydrogens (tertiary/aromatic N) is 4. The zero-order valence-electron chi connectivity index (χ0n) is 13.2. The molecule has 0 atom stereocenters. The fraction of sp³-hybridized carbons (Fsp3) is 0.200. The van der Waals surface area contributed by atoms with E-state index in [1.54, 1.807) is 28.2 Å². The number of aromatic nitrogens is 4. The molecule has 136 valence electrons. The number of thioether (sulfide) groups is 1. The first-order valence-corrected chi connectivity index (χ1v) is 9.23. The third-order valence-electron chi connectivity index (χ3n) is 3.09. The van der Waals surface area contributed by atoms with Crippen molar-refractivity contribution < 1.29 is 18.3 Å². The number of ether oxygens (including phenoxy) is 1. The molecule has 0 radical (unpaired) electrons. The van der Waals surface area contributed by atoms with Crippen LogP contribution in [0.15, 0.2) is 46.9 Å². The highest BCUT2D eigenvalue weighted by atomic mass is 32.2. The van der Waals surface area contributed by atoms with Crippen LogP contribution in [-0.4, -0.2) is 38.5 Å². The van der Waals surface area contributed by atoms with Crippen LogP contribution in [0.1, 0.15) is 4.88 Å². The Morgan fingerprint density at radius 2 is 2.15 bits per heavy atom. The number of hydrogen-bond donors (Lipinski definition) is 1. The minimum atomic E-state index is -2.97. The van der Waals surface area contributed by atoms with Crippen molar-refractivity contribution in [2.45, 2.75) is 18.3 Å². The molecule has 0 fully saturated rings. The average Bonchev–Trinajstić information content (AvgIpc) is 3.27. The molecule has 0 spiro atoms. The van der Waals surface area contributed by atoms with Gasteiger partial charge in [-0.25, -0.2) is 4.68 Å². The molecule has 1 amide bonds. The van der Waals surface area contributed by atoms with Gasteiger partial charge in [-0.15, -0.1) is 16.4 Å². The van der Waals surface area contributed by atoms with Gasteiger partial charge in [0, 0.05) is 4.88 Å². The van der Waals surface area contributed by atoms with Crippen molar-refractivity contribution in [2.24, 2.45) is 0 Å². The lowest BCUT2D eigenvalue weighted by Crippen LogP contribution is -2.16. The number of hydrogen-bond acceptors (Lipinski definition) is 7. The normalized spacial score (nSPS) is 10.9. The number of anilines is 1. The van der Waals surface area contributed by atoms with E-state index >= 15 is 0 Å². The lowest BCUT2D eigenvalue weighted by atomic mass is 10.3. The summed E-state index contributed by atoms with van der Waals surface area (Å²) >= 11 is 2.74. The van der Waals surface area contributed by atoms with Gasteiger partial charge in [-0.1, -0.05) is 30.0 Å². The Morgan fingerprint density at radius 1 is 1.31 bits per heavy atom. The summed E-state index contributed by atoms with van der Waals surface area (Å²) < 4.78 is 30.8. The third kappa shape index (κ3) is 4.99. The van der Waals surface area contributed by atoms with Crippen LogP contribution in [0.25, 0.3) is 0 Å². The van der Waals surface area contributed by atoms with Gasteiger partial charge in [0.1, 0.15) is 5.75 Å². The number of para-hydroxylation sites is 2. The van der Waals surface area contributed by atoms with E-state index in [0.717, 1.165) is 16.6 Å². The molecule has 2 heterocycles. The van der Waals surface area contributed by atoms with Crippen LogP contribution in [-0.2, 0) is 11.3 Å². The van der Waals surface area contributed by atoms with Crippen molar-refractivity contribution in [3.8, 4) is 5.75 Å². The highest BCUT2D eigenvalue weighted by Gasteiger charge is 2.14. The van der Waals surface area contributed by atoms with E-state index < -0.39 is 6.61 Å². The fourth-order valence-electron chi connectivity index (χ4n) is 2.03. The Labute approximate surface area is 155 Å². The van der Waals surface area contributed by atoms with Crippen LogP contribution in [0, 0.1) is 0 Å². The minimum Gasteiger partial charge on any atom is -0.433 e. The Balaban J connectivity index is 1.58. The zero-order chi connectivity index (χ0) is 18.4. The molecule has 0 saturated carbocycles. The summed E-state index contributed by atoms with van der Waals surface area (Å²) in [5.74, 6) is -0.456. The first-order chi connectivity index (χ1) is 12.6. The van der Waals surface area contributed by atoms with E-state index in [0.29, 0.717) is 11.7 Å². The quantitative estimate of drug-likeness (QED) is 0.588. The smallest absolute Gasteiger partial charge is 0.387 e. The molecule has 11 heteroatoms. The van der Waals surface area contributed by atoms with Gasteiger partial charge in [-0.3, -0.25) is 4.79 Å². The maximum atomic E-state index is 12.4. The largest absolute Gasteiger partial charge is 0.433 e. The maximum absolute atomic E-state index is 12.4. The number of carbonyl (C=O) groups excluding carboxylic acids is 1. The van der Waals surface area contributed by atoms with Crippen LogP contribution >= 0.6 is 23.1 Å². The van der Waals surface area contributed by atoms with E-state index in [2.05, 4.69) is 25.6 Å². The Kier molecular flexibility index (Phi) is 6.12. The van der Waals surface area contributed by atoms with E-state index in [9.17, 15) is 13.6 Å². The summed E-state index contributed by atoms with van der Waals surface area (Å²) in [4.78, 5) is 13.2. The first kappa shape index (κ1) is 18.3. The number of benzene rings is 1. The molecule has 1 aromatic carbocycles. The second-order valence-electron chi connectivity index (χ2n) is 4.91. The van der Waals surface area contributed by atoms with E-state index in [1.807, 2.05) is 17.5 Å².